The van der Waals surface area contributed by atoms with Crippen LogP contribution in [0.4, 0.5) is 5.95 Å². The molecule has 0 atom stereocenters. The Morgan fingerprint density at radius 2 is 2.44 bits per heavy atom. The molecule has 0 bridgehead atoms. The first-order chi connectivity index (χ1) is 7.88. The summed E-state index contributed by atoms with van der Waals surface area (Å²) in [5, 5.41) is 3.19. The molecule has 4 nitrogen and oxygen atoms in total. The van der Waals surface area contributed by atoms with Crippen LogP contribution >= 0.6 is 0 Å². The molecule has 1 heterocycles. The highest BCUT2D eigenvalue weighted by molar-refractivity contribution is 5.26. The molecule has 1 aromatic heterocycles. The van der Waals surface area contributed by atoms with Crippen molar-refractivity contribution in [3.63, 3.8) is 0 Å². The molecular weight excluding hydrogens is 202 g/mol. The lowest BCUT2D eigenvalue weighted by atomic mass is 10.4. The summed E-state index contributed by atoms with van der Waals surface area (Å²) in [7, 11) is 0. The van der Waals surface area contributed by atoms with Gasteiger partial charge in [0, 0.05) is 38.7 Å². The summed E-state index contributed by atoms with van der Waals surface area (Å²) in [4.78, 5) is 4.23. The fraction of sp³-hybridized carbons (Fsp3) is 0.583. The highest BCUT2D eigenvalue weighted by atomic mass is 16.5. The molecule has 0 radical (unpaired) electrons. The van der Waals surface area contributed by atoms with Crippen LogP contribution in [0, 0.1) is 0 Å². The van der Waals surface area contributed by atoms with Gasteiger partial charge in [-0.1, -0.05) is 13.0 Å². The lowest BCUT2D eigenvalue weighted by molar-refractivity contribution is 0.129. The second-order valence-corrected chi connectivity index (χ2v) is 3.58. The predicted octanol–water partition coefficient (Wildman–Crippen LogP) is 2.30. The normalized spacial score (nSPS) is 10.3. The fourth-order valence-corrected chi connectivity index (χ4v) is 1.40. The molecule has 1 rings (SSSR count). The van der Waals surface area contributed by atoms with E-state index in [-0.39, 0.29) is 0 Å². The Balaban J connectivity index is 2.24. The van der Waals surface area contributed by atoms with Crippen molar-refractivity contribution in [3.8, 4) is 0 Å². The molecule has 0 saturated heterocycles. The summed E-state index contributed by atoms with van der Waals surface area (Å²) in [5.41, 5.74) is 0. The van der Waals surface area contributed by atoms with Gasteiger partial charge in [-0.2, -0.15) is 0 Å². The zero-order valence-electron chi connectivity index (χ0n) is 9.98. The van der Waals surface area contributed by atoms with Gasteiger partial charge in [-0.3, -0.25) is 0 Å². The Labute approximate surface area is 97.3 Å². The number of ether oxygens (including phenoxy) is 1. The molecule has 0 spiro atoms. The average molecular weight is 223 g/mol. The third-order valence-corrected chi connectivity index (χ3v) is 2.16. The minimum absolute atomic E-state index is 0.739. The van der Waals surface area contributed by atoms with Crippen LogP contribution in [0.15, 0.2) is 25.0 Å². The van der Waals surface area contributed by atoms with Gasteiger partial charge in [0.25, 0.3) is 0 Å². The molecule has 0 saturated carbocycles. The van der Waals surface area contributed by atoms with Crippen LogP contribution in [0.2, 0.25) is 0 Å². The molecule has 0 aliphatic rings. The van der Waals surface area contributed by atoms with Gasteiger partial charge in [0.15, 0.2) is 0 Å². The Bertz CT molecular complexity index is 296. The van der Waals surface area contributed by atoms with Crippen molar-refractivity contribution in [2.45, 2.75) is 26.3 Å². The number of hydrogen-bond donors (Lipinski definition) is 1. The first kappa shape index (κ1) is 12.8. The summed E-state index contributed by atoms with van der Waals surface area (Å²) in [6, 6.07) is 0. The minimum Gasteiger partial charge on any atom is -0.381 e. The van der Waals surface area contributed by atoms with E-state index < -0.39 is 0 Å². The molecule has 0 aliphatic carbocycles. The number of nitrogens with zero attached hydrogens (tertiary/aromatic N) is 2. The Kier molecular flexibility index (Phi) is 6.33. The minimum atomic E-state index is 0.739. The van der Waals surface area contributed by atoms with Crippen LogP contribution in [0.25, 0.3) is 0 Å². The van der Waals surface area contributed by atoms with E-state index in [2.05, 4.69) is 28.4 Å². The molecule has 0 unspecified atom stereocenters. The molecule has 0 aliphatic heterocycles. The van der Waals surface area contributed by atoms with Gasteiger partial charge in [-0.15, -0.1) is 6.58 Å². The van der Waals surface area contributed by atoms with Crippen molar-refractivity contribution in [1.29, 1.82) is 0 Å². The quantitative estimate of drug-likeness (QED) is 0.516. The summed E-state index contributed by atoms with van der Waals surface area (Å²) in [5.74, 6) is 0.899. The van der Waals surface area contributed by atoms with Crippen molar-refractivity contribution in [2.75, 3.05) is 25.1 Å². The molecule has 0 amide bonds. The van der Waals surface area contributed by atoms with Crippen LogP contribution in [0.5, 0.6) is 0 Å². The van der Waals surface area contributed by atoms with Crippen molar-refractivity contribution in [3.05, 3.63) is 25.0 Å². The summed E-state index contributed by atoms with van der Waals surface area (Å²) in [6.07, 6.45) is 7.70. The van der Waals surface area contributed by atoms with E-state index in [4.69, 9.17) is 4.74 Å². The summed E-state index contributed by atoms with van der Waals surface area (Å²) in [6.45, 7) is 9.12. The Morgan fingerprint density at radius 3 is 3.19 bits per heavy atom. The maximum absolute atomic E-state index is 5.43. The number of aromatic nitrogens is 2. The van der Waals surface area contributed by atoms with Gasteiger partial charge in [0.2, 0.25) is 5.95 Å². The lowest BCUT2D eigenvalue weighted by Crippen LogP contribution is -2.08. The molecule has 0 aromatic carbocycles. The van der Waals surface area contributed by atoms with Crippen LogP contribution in [0.1, 0.15) is 19.8 Å². The van der Waals surface area contributed by atoms with Gasteiger partial charge < -0.3 is 14.6 Å². The van der Waals surface area contributed by atoms with Crippen molar-refractivity contribution < 1.29 is 4.74 Å². The van der Waals surface area contributed by atoms with E-state index in [1.165, 1.54) is 0 Å². The van der Waals surface area contributed by atoms with Crippen LogP contribution in [-0.4, -0.2) is 29.3 Å². The largest absolute Gasteiger partial charge is 0.381 e. The van der Waals surface area contributed by atoms with Gasteiger partial charge in [0.05, 0.1) is 0 Å². The molecule has 4 heteroatoms. The number of rotatable bonds is 9. The van der Waals surface area contributed by atoms with Crippen molar-refractivity contribution in [2.24, 2.45) is 0 Å². The van der Waals surface area contributed by atoms with E-state index in [9.17, 15) is 0 Å². The van der Waals surface area contributed by atoms with Gasteiger partial charge >= 0.3 is 0 Å². The maximum Gasteiger partial charge on any atom is 0.203 e. The van der Waals surface area contributed by atoms with E-state index in [0.29, 0.717) is 0 Å². The SMILES string of the molecule is C=CCNc1nccn1CCCOCCC. The van der Waals surface area contributed by atoms with Gasteiger partial charge in [-0.25, -0.2) is 4.98 Å². The lowest BCUT2D eigenvalue weighted by Gasteiger charge is -2.08. The van der Waals surface area contributed by atoms with Crippen LogP contribution < -0.4 is 5.32 Å². The number of aryl methyl sites for hydroxylation is 1. The smallest absolute Gasteiger partial charge is 0.203 e. The third-order valence-electron chi connectivity index (χ3n) is 2.16. The van der Waals surface area contributed by atoms with Gasteiger partial charge in [0.1, 0.15) is 0 Å². The van der Waals surface area contributed by atoms with E-state index >= 15 is 0 Å². The first-order valence-electron chi connectivity index (χ1n) is 5.82. The maximum atomic E-state index is 5.43. The predicted molar refractivity (Wildman–Crippen MR) is 66.6 cm³/mol. The molecule has 90 valence electrons. The summed E-state index contributed by atoms with van der Waals surface area (Å²) < 4.78 is 7.53. The molecule has 1 N–H and O–H groups in total. The van der Waals surface area contributed by atoms with Crippen molar-refractivity contribution in [1.82, 2.24) is 9.55 Å². The molecule has 16 heavy (non-hydrogen) atoms. The second-order valence-electron chi connectivity index (χ2n) is 3.58. The van der Waals surface area contributed by atoms with Crippen molar-refractivity contribution >= 4 is 5.95 Å². The zero-order valence-corrected chi connectivity index (χ0v) is 9.98. The second kappa shape index (κ2) is 7.93. The van der Waals surface area contributed by atoms with E-state index in [1.54, 1.807) is 6.20 Å². The highest BCUT2D eigenvalue weighted by Crippen LogP contribution is 2.05. The average Bonchev–Trinajstić information content (AvgIpc) is 2.74. The van der Waals surface area contributed by atoms with E-state index in [0.717, 1.165) is 45.1 Å². The standard InChI is InChI=1S/C12H21N3O/c1-3-6-13-12-14-7-9-15(12)8-5-11-16-10-4-2/h3,7,9H,1,4-6,8,10-11H2,2H3,(H,13,14). The number of anilines is 1. The number of hydrogen-bond acceptors (Lipinski definition) is 3. The third kappa shape index (κ3) is 4.49. The molecule has 1 aromatic rings. The van der Waals surface area contributed by atoms with E-state index in [1.807, 2.05) is 12.3 Å². The number of nitrogens with one attached hydrogen (secondary N) is 1. The first-order valence-corrected chi connectivity index (χ1v) is 5.82. The van der Waals surface area contributed by atoms with Gasteiger partial charge in [-0.05, 0) is 12.8 Å². The Morgan fingerprint density at radius 1 is 1.56 bits per heavy atom. The molecule has 0 fully saturated rings. The fourth-order valence-electron chi connectivity index (χ4n) is 1.40. The monoisotopic (exact) mass is 223 g/mol. The van der Waals surface area contributed by atoms with Crippen LogP contribution in [0.3, 0.4) is 0 Å². The number of imidazole rings is 1. The highest BCUT2D eigenvalue weighted by Gasteiger charge is 2.00. The Hall–Kier alpha value is -1.29. The molecular formula is C12H21N3O. The summed E-state index contributed by atoms with van der Waals surface area (Å²) >= 11 is 0. The topological polar surface area (TPSA) is 39.1 Å². The van der Waals surface area contributed by atoms with Crippen LogP contribution in [-0.2, 0) is 11.3 Å². The zero-order chi connectivity index (χ0) is 11.6.